The maximum atomic E-state index is 12.6. The first kappa shape index (κ1) is 23.9. The number of esters is 2. The number of hydrogen-bond donors (Lipinski definition) is 0. The van der Waals surface area contributed by atoms with E-state index in [1.807, 2.05) is 0 Å². The third-order valence-electron chi connectivity index (χ3n) is 5.03. The predicted molar refractivity (Wildman–Crippen MR) is 118 cm³/mol. The van der Waals surface area contributed by atoms with Gasteiger partial charge >= 0.3 is 11.9 Å². The summed E-state index contributed by atoms with van der Waals surface area (Å²) in [6.45, 7) is 1.91. The highest BCUT2D eigenvalue weighted by Gasteiger charge is 2.28. The van der Waals surface area contributed by atoms with Gasteiger partial charge in [-0.05, 0) is 24.3 Å². The first-order chi connectivity index (χ1) is 16.0. The minimum absolute atomic E-state index is 0.0208. The number of benzene rings is 1. The summed E-state index contributed by atoms with van der Waals surface area (Å²) >= 11 is 0. The lowest BCUT2D eigenvalue weighted by Crippen LogP contribution is -2.43. The number of hydrogen-bond acceptors (Lipinski definition) is 9. The average molecular weight is 458 g/mol. The number of nitrogens with zero attached hydrogens (tertiary/aromatic N) is 2. The minimum Gasteiger partial charge on any atom is -0.493 e. The van der Waals surface area contributed by atoms with Crippen molar-refractivity contribution in [3.63, 3.8) is 0 Å². The van der Waals surface area contributed by atoms with Crippen LogP contribution in [0.5, 0.6) is 11.5 Å². The zero-order valence-electron chi connectivity index (χ0n) is 18.7. The average Bonchev–Trinajstić information content (AvgIpc) is 3.09. The summed E-state index contributed by atoms with van der Waals surface area (Å²) in [5.41, 5.74) is 0.512. The van der Waals surface area contributed by atoms with Gasteiger partial charge in [-0.1, -0.05) is 6.08 Å². The van der Waals surface area contributed by atoms with Gasteiger partial charge in [0.05, 0.1) is 40.1 Å². The van der Waals surface area contributed by atoms with Gasteiger partial charge in [-0.15, -0.1) is 0 Å². The van der Waals surface area contributed by atoms with Crippen molar-refractivity contribution in [2.45, 2.75) is 0 Å². The van der Waals surface area contributed by atoms with Crippen molar-refractivity contribution >= 4 is 23.5 Å². The van der Waals surface area contributed by atoms with Crippen molar-refractivity contribution in [2.75, 3.05) is 59.1 Å². The smallest absolute Gasteiger partial charge is 0.355 e. The molecule has 0 aromatic heterocycles. The second-order valence-corrected chi connectivity index (χ2v) is 6.93. The molecule has 3 rings (SSSR count). The number of ether oxygens (including phenoxy) is 5. The van der Waals surface area contributed by atoms with E-state index in [4.69, 9.17) is 23.7 Å². The normalized spacial score (nSPS) is 15.7. The van der Waals surface area contributed by atoms with E-state index in [9.17, 15) is 14.4 Å². The summed E-state index contributed by atoms with van der Waals surface area (Å²) in [6.07, 6.45) is 6.36. The number of carbonyl (C=O) groups excluding carboxylic acids is 3. The molecule has 0 N–H and O–H groups in total. The molecule has 176 valence electrons. The standard InChI is InChI=1S/C23H26N2O8/c1-29-19-14-16(7-8-18(19)33-15-20(26)24-10-12-32-13-11-24)25-9-5-4-6-17(22(27)30-2)21(25)23(28)31-3/h4-9,14H,10-13,15H2,1-3H3. The number of methoxy groups -OCH3 is 3. The monoisotopic (exact) mass is 458 g/mol. The molecule has 2 aliphatic heterocycles. The van der Waals surface area contributed by atoms with Crippen molar-refractivity contribution in [2.24, 2.45) is 0 Å². The van der Waals surface area contributed by atoms with Gasteiger partial charge in [0.15, 0.2) is 18.1 Å². The Hall–Kier alpha value is -3.79. The first-order valence-electron chi connectivity index (χ1n) is 10.2. The second kappa shape index (κ2) is 11.2. The van der Waals surface area contributed by atoms with Crippen LogP contribution in [0.1, 0.15) is 0 Å². The van der Waals surface area contributed by atoms with Gasteiger partial charge < -0.3 is 33.5 Å². The molecule has 0 saturated carbocycles. The predicted octanol–water partition coefficient (Wildman–Crippen LogP) is 1.42. The highest BCUT2D eigenvalue weighted by atomic mass is 16.5. The Labute approximate surface area is 191 Å². The van der Waals surface area contributed by atoms with Crippen LogP contribution in [0, 0.1) is 0 Å². The Balaban J connectivity index is 1.88. The number of carbonyl (C=O) groups is 3. The molecule has 10 nitrogen and oxygen atoms in total. The molecule has 0 aliphatic carbocycles. The molecule has 33 heavy (non-hydrogen) atoms. The van der Waals surface area contributed by atoms with Gasteiger partial charge in [-0.2, -0.15) is 0 Å². The number of allylic oxidation sites excluding steroid dienone is 2. The molecule has 2 heterocycles. The molecule has 10 heteroatoms. The molecule has 0 atom stereocenters. The summed E-state index contributed by atoms with van der Waals surface area (Å²) in [5.74, 6) is -0.853. The van der Waals surface area contributed by atoms with Crippen LogP contribution in [0.4, 0.5) is 5.69 Å². The van der Waals surface area contributed by atoms with Crippen LogP contribution < -0.4 is 14.4 Å². The second-order valence-electron chi connectivity index (χ2n) is 6.93. The molecule has 1 saturated heterocycles. The molecular formula is C23H26N2O8. The Morgan fingerprint density at radius 3 is 2.36 bits per heavy atom. The molecule has 2 aliphatic rings. The third-order valence-corrected chi connectivity index (χ3v) is 5.03. The Bertz CT molecular complexity index is 992. The number of anilines is 1. The van der Waals surface area contributed by atoms with Gasteiger partial charge in [0, 0.05) is 31.0 Å². The van der Waals surface area contributed by atoms with Crippen LogP contribution >= 0.6 is 0 Å². The molecule has 1 fully saturated rings. The summed E-state index contributed by atoms with van der Waals surface area (Å²) < 4.78 is 26.1. The fourth-order valence-corrected chi connectivity index (χ4v) is 3.33. The summed E-state index contributed by atoms with van der Waals surface area (Å²) in [7, 11) is 3.92. The number of morpholine rings is 1. The van der Waals surface area contributed by atoms with E-state index in [1.54, 1.807) is 41.5 Å². The van der Waals surface area contributed by atoms with Crippen LogP contribution in [-0.2, 0) is 28.6 Å². The van der Waals surface area contributed by atoms with Gasteiger partial charge in [0.25, 0.3) is 5.91 Å². The maximum absolute atomic E-state index is 12.6. The molecule has 0 spiro atoms. The quantitative estimate of drug-likeness (QED) is 0.561. The minimum atomic E-state index is -0.720. The van der Waals surface area contributed by atoms with Crippen LogP contribution in [0.25, 0.3) is 0 Å². The van der Waals surface area contributed by atoms with E-state index in [-0.39, 0.29) is 23.8 Å². The van der Waals surface area contributed by atoms with Gasteiger partial charge in [-0.25, -0.2) is 9.59 Å². The fourth-order valence-electron chi connectivity index (χ4n) is 3.33. The van der Waals surface area contributed by atoms with E-state index < -0.39 is 11.9 Å². The topological polar surface area (TPSA) is 104 Å². The molecule has 0 unspecified atom stereocenters. The Kier molecular flexibility index (Phi) is 8.09. The SMILES string of the molecule is COC(=O)C1=C(C(=O)OC)N(c2ccc(OCC(=O)N3CCOCC3)c(OC)c2)C=CC=C1. The fraction of sp³-hybridized carbons (Fsp3) is 0.348. The van der Waals surface area contributed by atoms with Crippen LogP contribution in [0.2, 0.25) is 0 Å². The van der Waals surface area contributed by atoms with E-state index in [1.165, 1.54) is 32.3 Å². The lowest BCUT2D eigenvalue weighted by Gasteiger charge is -2.27. The third kappa shape index (κ3) is 5.53. The lowest BCUT2D eigenvalue weighted by molar-refractivity contribution is -0.139. The molecule has 1 aromatic rings. The number of rotatable bonds is 7. The highest BCUT2D eigenvalue weighted by molar-refractivity contribution is 6.05. The molecule has 1 aromatic carbocycles. The van der Waals surface area contributed by atoms with Crippen LogP contribution in [0.3, 0.4) is 0 Å². The van der Waals surface area contributed by atoms with Crippen molar-refractivity contribution in [1.29, 1.82) is 0 Å². The van der Waals surface area contributed by atoms with E-state index >= 15 is 0 Å². The summed E-state index contributed by atoms with van der Waals surface area (Å²) in [4.78, 5) is 40.4. The number of amides is 1. The van der Waals surface area contributed by atoms with Crippen molar-refractivity contribution in [3.05, 3.63) is 53.9 Å². The molecule has 0 bridgehead atoms. The zero-order chi connectivity index (χ0) is 23.8. The largest absolute Gasteiger partial charge is 0.493 e. The van der Waals surface area contributed by atoms with Crippen molar-refractivity contribution in [3.8, 4) is 11.5 Å². The van der Waals surface area contributed by atoms with Crippen LogP contribution in [0.15, 0.2) is 53.9 Å². The zero-order valence-corrected chi connectivity index (χ0v) is 18.7. The first-order valence-corrected chi connectivity index (χ1v) is 10.2. The maximum Gasteiger partial charge on any atom is 0.355 e. The molecule has 1 amide bonds. The van der Waals surface area contributed by atoms with E-state index in [2.05, 4.69) is 0 Å². The van der Waals surface area contributed by atoms with E-state index in [0.717, 1.165) is 0 Å². The van der Waals surface area contributed by atoms with Gasteiger partial charge in [0.1, 0.15) is 5.70 Å². The van der Waals surface area contributed by atoms with Crippen LogP contribution in [-0.4, -0.2) is 77.0 Å². The van der Waals surface area contributed by atoms with Crippen molar-refractivity contribution in [1.82, 2.24) is 4.90 Å². The van der Waals surface area contributed by atoms with Gasteiger partial charge in [0.2, 0.25) is 0 Å². The Morgan fingerprint density at radius 1 is 0.970 bits per heavy atom. The van der Waals surface area contributed by atoms with Crippen molar-refractivity contribution < 1.29 is 38.1 Å². The lowest BCUT2D eigenvalue weighted by atomic mass is 10.1. The highest BCUT2D eigenvalue weighted by Crippen LogP contribution is 2.35. The summed E-state index contributed by atoms with van der Waals surface area (Å²) in [6, 6.07) is 4.92. The Morgan fingerprint density at radius 2 is 1.70 bits per heavy atom. The molecule has 0 radical (unpaired) electrons. The summed E-state index contributed by atoms with van der Waals surface area (Å²) in [5, 5.41) is 0. The van der Waals surface area contributed by atoms with E-state index in [0.29, 0.717) is 43.5 Å². The molecular weight excluding hydrogens is 432 g/mol. The van der Waals surface area contributed by atoms with Gasteiger partial charge in [-0.3, -0.25) is 4.79 Å².